The normalized spacial score (nSPS) is 16.6. The molecule has 19 heteroatoms. The standard InChI is InChI=1S/C34H27O3S.C31H27O6S.C30H27O3S.C30H25O3S/c35-34(33-31-17-9-7-15-29(31)30-16-8-10-18-32(30)33)37-24-23-36-25-19-21-28(22-20-25)38(26-11-3-1-4-12-26)27-13-5-2-6-14-27;1-18(2)29(32)36-27-23-17-24-26(31(34)37-28(24)27)25(23)30(33)35-19-13-15-22(16-14-19)38(20-9-5-3-6-10-20)21-11-7-4-8-12-21;2*31-30(29-20-15-23-9-7-8-14-28(23)29)33-22-21-32-24-16-18-27(19-17-24)34(25-10-3-1-4-11-25)26-12-5-2-6-13-26/h1-22,33H,23-24H2;3-16,23-28H,1,17H2,2H3;1-14,16-19,29H,15,20-22H2;1-14,16-20H,15,21-22H2/q4*+1. The molecular weight excluding hydrogens is 1870 g/mol. The molecule has 3 fully saturated rings. The Labute approximate surface area is 851 Å². The van der Waals surface area contributed by atoms with Crippen LogP contribution < -0.4 is 18.9 Å². The fraction of sp³-hybridized carbons (Fsp3) is 0.152. The van der Waals surface area contributed by atoms with Crippen molar-refractivity contribution in [2.75, 3.05) is 39.6 Å². The third-order valence-electron chi connectivity index (χ3n) is 26.0. The zero-order chi connectivity index (χ0) is 98.5. The third-order valence-corrected chi connectivity index (χ3v) is 34.9. The van der Waals surface area contributed by atoms with E-state index in [1.165, 1.54) is 59.4 Å². The number of esters is 6. The summed E-state index contributed by atoms with van der Waals surface area (Å²) in [6.45, 7) is 6.78. The van der Waals surface area contributed by atoms with E-state index in [0.717, 1.165) is 80.4 Å². The molecule has 6 aliphatic rings. The second kappa shape index (κ2) is 47.0. The molecule has 16 aromatic rings. The van der Waals surface area contributed by atoms with Gasteiger partial charge in [-0.05, 0) is 271 Å². The lowest BCUT2D eigenvalue weighted by Gasteiger charge is -2.30. The Morgan fingerprint density at radius 2 is 0.660 bits per heavy atom. The summed E-state index contributed by atoms with van der Waals surface area (Å²) in [7, 11) is -0.885. The van der Waals surface area contributed by atoms with Crippen LogP contribution in [0.5, 0.6) is 23.0 Å². The largest absolute Gasteiger partial charge is 0.490 e. The summed E-state index contributed by atoms with van der Waals surface area (Å²) in [6, 6.07) is 148. The van der Waals surface area contributed by atoms with Crippen LogP contribution in [0, 0.1) is 23.7 Å². The van der Waals surface area contributed by atoms with Crippen molar-refractivity contribution in [1.29, 1.82) is 0 Å². The van der Waals surface area contributed by atoms with Gasteiger partial charge in [0.2, 0.25) is 0 Å². The van der Waals surface area contributed by atoms with Crippen molar-refractivity contribution in [1.82, 2.24) is 0 Å². The van der Waals surface area contributed by atoms with E-state index < -0.39 is 47.9 Å². The van der Waals surface area contributed by atoms with Gasteiger partial charge in [0.05, 0.1) is 66.9 Å². The number of aryl methyl sites for hydroxylation is 1. The highest BCUT2D eigenvalue weighted by Crippen LogP contribution is 2.59. The zero-order valence-corrected chi connectivity index (χ0v) is 82.6. The summed E-state index contributed by atoms with van der Waals surface area (Å²) in [5.74, 6) is -1.72. The molecule has 5 aliphatic carbocycles. The highest BCUT2D eigenvalue weighted by Gasteiger charge is 2.70. The molecule has 7 atom stereocenters. The van der Waals surface area contributed by atoms with Gasteiger partial charge in [-0.1, -0.05) is 255 Å². The molecule has 0 radical (unpaired) electrons. The molecule has 0 N–H and O–H groups in total. The van der Waals surface area contributed by atoms with E-state index >= 15 is 0 Å². The van der Waals surface area contributed by atoms with Crippen molar-refractivity contribution in [3.63, 3.8) is 0 Å². The van der Waals surface area contributed by atoms with Crippen LogP contribution in [0.15, 0.2) is 514 Å². The number of ether oxygens (including phenoxy) is 9. The van der Waals surface area contributed by atoms with Gasteiger partial charge in [-0.15, -0.1) is 0 Å². The summed E-state index contributed by atoms with van der Waals surface area (Å²) in [4.78, 5) is 91.1. The molecule has 716 valence electrons. The minimum atomic E-state index is -0.711. The Balaban J connectivity index is 0.000000122. The fourth-order valence-corrected chi connectivity index (χ4v) is 27.8. The summed E-state index contributed by atoms with van der Waals surface area (Å²) < 4.78 is 51.2. The van der Waals surface area contributed by atoms with Gasteiger partial charge in [0.25, 0.3) is 0 Å². The van der Waals surface area contributed by atoms with Crippen LogP contribution in [0.25, 0.3) is 16.7 Å². The van der Waals surface area contributed by atoms with Crippen LogP contribution in [0.3, 0.4) is 0 Å². The van der Waals surface area contributed by atoms with Gasteiger partial charge >= 0.3 is 35.8 Å². The van der Waals surface area contributed by atoms with Gasteiger partial charge in [-0.25, -0.2) is 9.59 Å². The predicted octanol–water partition coefficient (Wildman–Crippen LogP) is 25.3. The van der Waals surface area contributed by atoms with Crippen LogP contribution in [0.4, 0.5) is 0 Å². The molecule has 0 aromatic heterocycles. The Bertz CT molecular complexity index is 6930. The molecule has 1 heterocycles. The predicted molar refractivity (Wildman–Crippen MR) is 563 cm³/mol. The molecule has 1 saturated heterocycles. The summed E-state index contributed by atoms with van der Waals surface area (Å²) in [5, 5.41) is 0. The Hall–Kier alpha value is -15.4. The maximum atomic E-state index is 13.4. The highest BCUT2D eigenvalue weighted by molar-refractivity contribution is 7.98. The molecule has 16 aromatic carbocycles. The number of carbonyl (C=O) groups is 6. The third kappa shape index (κ3) is 22.9. The quantitative estimate of drug-likeness (QED) is 0.00997. The molecule has 1 aliphatic heterocycles. The minimum absolute atomic E-state index is 0.144. The maximum Gasteiger partial charge on any atom is 0.338 e. The van der Waals surface area contributed by atoms with Crippen LogP contribution >= 0.6 is 0 Å². The molecule has 2 bridgehead atoms. The van der Waals surface area contributed by atoms with Crippen molar-refractivity contribution in [2.45, 2.75) is 115 Å². The first kappa shape index (κ1) is 97.4. The summed E-state index contributed by atoms with van der Waals surface area (Å²) in [5.41, 5.74) is 9.61. The highest BCUT2D eigenvalue weighted by atomic mass is 32.2. The first-order valence-electron chi connectivity index (χ1n) is 48.3. The summed E-state index contributed by atoms with van der Waals surface area (Å²) in [6.07, 6.45) is 3.90. The average Bonchev–Trinajstić information content (AvgIpc) is 1.54. The van der Waals surface area contributed by atoms with Crippen molar-refractivity contribution >= 4 is 85.0 Å². The average molecular weight is 1980 g/mol. The molecule has 144 heavy (non-hydrogen) atoms. The second-order valence-electron chi connectivity index (χ2n) is 35.1. The number of benzene rings is 16. The lowest BCUT2D eigenvalue weighted by Crippen LogP contribution is -2.44. The number of fused-ring (bicyclic) bond motifs is 6. The zero-order valence-electron chi connectivity index (χ0n) is 79.3. The van der Waals surface area contributed by atoms with Crippen LogP contribution in [-0.2, 0) is 109 Å². The monoisotopic (exact) mass is 1970 g/mol. The van der Waals surface area contributed by atoms with E-state index in [-0.39, 0.29) is 105 Å². The van der Waals surface area contributed by atoms with Crippen LogP contribution in [0.1, 0.15) is 65.0 Å². The SMILES string of the molecule is C=C(C)C(=O)OC1C2CC3C1OC(=O)C3C2C(=O)Oc1ccc([S+](c2ccccc2)c2ccccc2)cc1.O=C(OCCOc1ccc([S+](c2ccccc2)c2ccccc2)cc1)C1=CCc2ccccc21.O=C(OCCOc1ccc([S+](c2ccccc2)c2ccccc2)cc1)C1CCc2ccccc21.O=C(OCCOc1ccc([S+](c2ccccc2)c2ccccc2)cc1)C1c2ccccc2-c2ccccc21. The maximum absolute atomic E-state index is 13.4. The van der Waals surface area contributed by atoms with E-state index in [9.17, 15) is 28.8 Å². The van der Waals surface area contributed by atoms with Gasteiger partial charge in [-0.2, -0.15) is 0 Å². The van der Waals surface area contributed by atoms with Crippen molar-refractivity contribution in [2.24, 2.45) is 23.7 Å². The van der Waals surface area contributed by atoms with E-state index in [2.05, 4.69) is 231 Å². The van der Waals surface area contributed by atoms with E-state index in [1.54, 1.807) is 19.1 Å². The van der Waals surface area contributed by atoms with Crippen LogP contribution in [-0.4, -0.2) is 87.7 Å². The van der Waals surface area contributed by atoms with E-state index in [0.29, 0.717) is 37.6 Å². The van der Waals surface area contributed by atoms with E-state index in [4.69, 9.17) is 42.6 Å². The first-order valence-corrected chi connectivity index (χ1v) is 53.2. The molecule has 2 saturated carbocycles. The Morgan fingerprint density at radius 1 is 0.333 bits per heavy atom. The lowest BCUT2D eigenvalue weighted by molar-refractivity contribution is -0.160. The summed E-state index contributed by atoms with van der Waals surface area (Å²) >= 11 is 0. The van der Waals surface area contributed by atoms with Gasteiger partial charge in [0.15, 0.2) is 58.7 Å². The number of carbonyl (C=O) groups excluding carboxylic acids is 6. The number of allylic oxidation sites excluding steroid dienone is 1. The van der Waals surface area contributed by atoms with Crippen molar-refractivity contribution in [3.8, 4) is 34.1 Å². The molecule has 22 rings (SSSR count). The topological polar surface area (TPSA) is 185 Å². The molecule has 7 unspecified atom stereocenters. The number of hydrogen-bond donors (Lipinski definition) is 0. The molecule has 0 spiro atoms. The second-order valence-corrected chi connectivity index (χ2v) is 43.2. The number of hydrogen-bond acceptors (Lipinski definition) is 15. The molecule has 0 amide bonds. The lowest BCUT2D eigenvalue weighted by atomic mass is 9.78. The van der Waals surface area contributed by atoms with Gasteiger partial charge in [0, 0.05) is 17.4 Å². The van der Waals surface area contributed by atoms with E-state index in [1.807, 2.05) is 206 Å². The van der Waals surface area contributed by atoms with Gasteiger partial charge < -0.3 is 42.6 Å². The minimum Gasteiger partial charge on any atom is -0.490 e. The first-order chi connectivity index (χ1) is 70.8. The van der Waals surface area contributed by atoms with Crippen molar-refractivity contribution < 1.29 is 71.4 Å². The molecular formula is C125H106O15S4+4. The van der Waals surface area contributed by atoms with Crippen molar-refractivity contribution in [3.05, 3.63) is 488 Å². The van der Waals surface area contributed by atoms with Gasteiger partial charge in [-0.3, -0.25) is 19.2 Å². The van der Waals surface area contributed by atoms with Gasteiger partial charge in [0.1, 0.15) is 80.8 Å². The van der Waals surface area contributed by atoms with Crippen LogP contribution in [0.2, 0.25) is 0 Å². The Morgan fingerprint density at radius 3 is 1.05 bits per heavy atom. The fourth-order valence-electron chi connectivity index (χ4n) is 19.5. The Kier molecular flexibility index (Phi) is 31.8. The smallest absolute Gasteiger partial charge is 0.338 e. The number of rotatable bonds is 31. The molecule has 15 nitrogen and oxygen atoms in total.